The Morgan fingerprint density at radius 3 is 2.40 bits per heavy atom. The average molecular weight is 345 g/mol. The van der Waals surface area contributed by atoms with Gasteiger partial charge in [0.25, 0.3) is 5.56 Å². The lowest BCUT2D eigenvalue weighted by Crippen LogP contribution is -2.38. The number of piperidine rings is 1. The number of hydrogen-bond acceptors (Lipinski definition) is 5. The van der Waals surface area contributed by atoms with E-state index in [1.165, 1.54) is 0 Å². The van der Waals surface area contributed by atoms with Gasteiger partial charge in [0.2, 0.25) is 0 Å². The first-order valence-corrected chi connectivity index (χ1v) is 8.86. The second-order valence-electron chi connectivity index (χ2n) is 7.20. The van der Waals surface area contributed by atoms with E-state index in [4.69, 9.17) is 0 Å². The predicted molar refractivity (Wildman–Crippen MR) is 95.0 cm³/mol. The van der Waals surface area contributed by atoms with E-state index in [9.17, 15) is 19.8 Å². The quantitative estimate of drug-likeness (QED) is 0.717. The third-order valence-electron chi connectivity index (χ3n) is 5.54. The smallest absolute Gasteiger partial charge is 0.329 e. The third-order valence-corrected chi connectivity index (χ3v) is 5.54. The third kappa shape index (κ3) is 2.77. The molecule has 4 rings (SSSR count). The average Bonchev–Trinajstić information content (AvgIpc) is 3.41. The Labute approximate surface area is 144 Å². The molecule has 0 bridgehead atoms. The first-order valence-electron chi connectivity index (χ1n) is 8.86. The van der Waals surface area contributed by atoms with Crippen molar-refractivity contribution in [3.05, 3.63) is 38.5 Å². The molecule has 2 fully saturated rings. The fourth-order valence-corrected chi connectivity index (χ4v) is 3.97. The molecule has 25 heavy (non-hydrogen) atoms. The monoisotopic (exact) mass is 345 g/mol. The molecule has 134 valence electrons. The highest BCUT2D eigenvalue weighted by atomic mass is 16.5. The minimum atomic E-state index is -1.27. The maximum atomic E-state index is 12.3. The summed E-state index contributed by atoms with van der Waals surface area (Å²) in [7, 11) is 0. The Kier molecular flexibility index (Phi) is 3.92. The van der Waals surface area contributed by atoms with E-state index >= 15 is 0 Å². The molecule has 1 saturated heterocycles. The fraction of sp³-hybridized carbons (Fsp3) is 0.556. The molecule has 3 N–H and O–H groups in total. The molecule has 2 aromatic rings. The number of anilines is 1. The van der Waals surface area contributed by atoms with Crippen molar-refractivity contribution in [2.45, 2.75) is 44.9 Å². The molecule has 7 heteroatoms. The summed E-state index contributed by atoms with van der Waals surface area (Å²) in [6.45, 7) is 3.42. The van der Waals surface area contributed by atoms with Gasteiger partial charge in [-0.2, -0.15) is 0 Å². The summed E-state index contributed by atoms with van der Waals surface area (Å²) in [5.74, 6) is -0.0931. The van der Waals surface area contributed by atoms with Crippen molar-refractivity contribution in [3.63, 3.8) is 0 Å². The number of aliphatic hydroxyl groups is 2. The zero-order valence-electron chi connectivity index (χ0n) is 14.2. The molecular formula is C18H23N3O4. The number of fused-ring (bicyclic) bond motifs is 1. The number of aliphatic hydroxyl groups excluding tert-OH is 1. The molecular weight excluding hydrogens is 322 g/mol. The SMILES string of the molecule is Cc1c(N2CCC(C(O)O)CC2)ccc2c(=O)[nH]c(=O)n(C3CC3)c12. The van der Waals surface area contributed by atoms with Gasteiger partial charge >= 0.3 is 5.69 Å². The van der Waals surface area contributed by atoms with Crippen LogP contribution in [0.4, 0.5) is 5.69 Å². The first-order chi connectivity index (χ1) is 12.0. The van der Waals surface area contributed by atoms with E-state index in [0.29, 0.717) is 18.2 Å². The number of nitrogens with zero attached hydrogens (tertiary/aromatic N) is 2. The molecule has 0 radical (unpaired) electrons. The second kappa shape index (κ2) is 6.00. The van der Waals surface area contributed by atoms with Crippen LogP contribution in [0.2, 0.25) is 0 Å². The van der Waals surface area contributed by atoms with Crippen LogP contribution in [0.3, 0.4) is 0 Å². The van der Waals surface area contributed by atoms with Crippen LogP contribution in [0.1, 0.15) is 37.3 Å². The van der Waals surface area contributed by atoms with Gasteiger partial charge in [-0.05, 0) is 50.3 Å². The molecule has 0 spiro atoms. The normalized spacial score (nSPS) is 19.1. The first kappa shape index (κ1) is 16.4. The van der Waals surface area contributed by atoms with Crippen molar-refractivity contribution in [1.82, 2.24) is 9.55 Å². The summed E-state index contributed by atoms with van der Waals surface area (Å²) in [6.07, 6.45) is 2.08. The molecule has 2 heterocycles. The van der Waals surface area contributed by atoms with Gasteiger partial charge < -0.3 is 15.1 Å². The van der Waals surface area contributed by atoms with E-state index in [-0.39, 0.29) is 23.2 Å². The summed E-state index contributed by atoms with van der Waals surface area (Å²) in [5.41, 5.74) is 2.02. The molecule has 1 aromatic heterocycles. The summed E-state index contributed by atoms with van der Waals surface area (Å²) in [5, 5.41) is 19.3. The van der Waals surface area contributed by atoms with Gasteiger partial charge in [-0.25, -0.2) is 4.79 Å². The number of nitrogens with one attached hydrogen (secondary N) is 1. The molecule has 7 nitrogen and oxygen atoms in total. The highest BCUT2D eigenvalue weighted by Gasteiger charge is 2.29. The summed E-state index contributed by atoms with van der Waals surface area (Å²) in [4.78, 5) is 29.2. The van der Waals surface area contributed by atoms with Crippen LogP contribution in [0, 0.1) is 12.8 Å². The molecule has 1 aliphatic heterocycles. The molecule has 0 unspecified atom stereocenters. The number of H-pyrrole nitrogens is 1. The Bertz CT molecular complexity index is 918. The van der Waals surface area contributed by atoms with Gasteiger partial charge in [0, 0.05) is 30.7 Å². The number of aryl methyl sites for hydroxylation is 1. The highest BCUT2D eigenvalue weighted by Crippen LogP contribution is 2.38. The van der Waals surface area contributed by atoms with Gasteiger partial charge in [0.05, 0.1) is 10.9 Å². The van der Waals surface area contributed by atoms with Gasteiger partial charge in [-0.3, -0.25) is 14.3 Å². The number of rotatable bonds is 3. The number of benzene rings is 1. The van der Waals surface area contributed by atoms with Crippen LogP contribution in [0.5, 0.6) is 0 Å². The van der Waals surface area contributed by atoms with Crippen molar-refractivity contribution in [3.8, 4) is 0 Å². The number of hydrogen-bond donors (Lipinski definition) is 3. The van der Waals surface area contributed by atoms with Crippen LogP contribution < -0.4 is 16.1 Å². The topological polar surface area (TPSA) is 98.6 Å². The van der Waals surface area contributed by atoms with E-state index in [0.717, 1.165) is 42.7 Å². The van der Waals surface area contributed by atoms with Crippen molar-refractivity contribution >= 4 is 16.6 Å². The Morgan fingerprint density at radius 1 is 1.12 bits per heavy atom. The maximum absolute atomic E-state index is 12.3. The van der Waals surface area contributed by atoms with Gasteiger partial charge in [-0.1, -0.05) is 0 Å². The molecule has 1 aromatic carbocycles. The van der Waals surface area contributed by atoms with E-state index < -0.39 is 6.29 Å². The predicted octanol–water partition coefficient (Wildman–Crippen LogP) is 0.860. The Morgan fingerprint density at radius 2 is 1.80 bits per heavy atom. The molecule has 1 aliphatic carbocycles. The van der Waals surface area contributed by atoms with Gasteiger partial charge in [0.1, 0.15) is 0 Å². The lowest BCUT2D eigenvalue weighted by atomic mass is 9.95. The van der Waals surface area contributed by atoms with Crippen LogP contribution in [-0.2, 0) is 0 Å². The van der Waals surface area contributed by atoms with E-state index in [1.54, 1.807) is 10.6 Å². The van der Waals surface area contributed by atoms with Crippen LogP contribution in [0.15, 0.2) is 21.7 Å². The second-order valence-corrected chi connectivity index (χ2v) is 7.20. The number of aromatic amines is 1. The zero-order chi connectivity index (χ0) is 17.7. The van der Waals surface area contributed by atoms with Gasteiger partial charge in [-0.15, -0.1) is 0 Å². The van der Waals surface area contributed by atoms with Crippen LogP contribution in [-0.4, -0.2) is 39.1 Å². The Balaban J connectivity index is 1.79. The largest absolute Gasteiger partial charge is 0.371 e. The van der Waals surface area contributed by atoms with E-state index in [2.05, 4.69) is 9.88 Å². The minimum absolute atomic E-state index is 0.0931. The Hall–Kier alpha value is -2.12. The van der Waals surface area contributed by atoms with Gasteiger partial charge in [0.15, 0.2) is 6.29 Å². The van der Waals surface area contributed by atoms with Crippen molar-refractivity contribution in [2.75, 3.05) is 18.0 Å². The van der Waals surface area contributed by atoms with Crippen molar-refractivity contribution in [2.24, 2.45) is 5.92 Å². The number of aromatic nitrogens is 2. The zero-order valence-corrected chi connectivity index (χ0v) is 14.2. The summed E-state index contributed by atoms with van der Waals surface area (Å²) in [6, 6.07) is 3.91. The lowest BCUT2D eigenvalue weighted by Gasteiger charge is -2.35. The minimum Gasteiger partial charge on any atom is -0.371 e. The molecule has 1 saturated carbocycles. The van der Waals surface area contributed by atoms with Crippen molar-refractivity contribution in [1.29, 1.82) is 0 Å². The fourth-order valence-electron chi connectivity index (χ4n) is 3.97. The highest BCUT2D eigenvalue weighted by molar-refractivity contribution is 5.86. The summed E-state index contributed by atoms with van der Waals surface area (Å²) < 4.78 is 1.74. The summed E-state index contributed by atoms with van der Waals surface area (Å²) >= 11 is 0. The maximum Gasteiger partial charge on any atom is 0.329 e. The van der Waals surface area contributed by atoms with Crippen LogP contribution in [0.25, 0.3) is 10.9 Å². The molecule has 0 atom stereocenters. The lowest BCUT2D eigenvalue weighted by molar-refractivity contribution is -0.0893. The van der Waals surface area contributed by atoms with Crippen molar-refractivity contribution < 1.29 is 10.2 Å². The van der Waals surface area contributed by atoms with Crippen LogP contribution >= 0.6 is 0 Å². The standard InChI is InChI=1S/C18H23N3O4/c1-10-14(20-8-6-11(7-9-20)17(23)24)5-4-13-15(10)21(12-2-3-12)18(25)19-16(13)22/h4-5,11-12,17,23-24H,2-3,6-9H2,1H3,(H,19,22,25). The molecule has 2 aliphatic rings. The molecule has 0 amide bonds. The van der Waals surface area contributed by atoms with E-state index in [1.807, 2.05) is 13.0 Å².